The highest BCUT2D eigenvalue weighted by atomic mass is 35.5. The maximum atomic E-state index is 12.6. The monoisotopic (exact) mass is 334 g/mol. The first-order valence-electron chi connectivity index (χ1n) is 5.52. The van der Waals surface area contributed by atoms with Crippen molar-refractivity contribution in [2.24, 2.45) is 10.2 Å². The Balaban J connectivity index is 2.47. The normalized spacial score (nSPS) is 12.0. The number of aromatic nitrogens is 2. The highest BCUT2D eigenvalue weighted by Crippen LogP contribution is 2.35. The van der Waals surface area contributed by atoms with Crippen LogP contribution in [0.25, 0.3) is 0 Å². The SMILES string of the molecule is O=c1[nH]c(O)c(N=Nc2cc(C(F)(F)F)ccc2Cl)c(=O)[nH]1. The molecule has 0 aliphatic carbocycles. The number of rotatable bonds is 2. The number of halogens is 4. The van der Waals surface area contributed by atoms with Crippen molar-refractivity contribution in [2.75, 3.05) is 0 Å². The lowest BCUT2D eigenvalue weighted by molar-refractivity contribution is -0.137. The molecule has 0 fully saturated rings. The first-order chi connectivity index (χ1) is 10.2. The molecule has 0 radical (unpaired) electrons. The molecular weight excluding hydrogens is 329 g/mol. The molecule has 22 heavy (non-hydrogen) atoms. The Morgan fingerprint density at radius 3 is 2.41 bits per heavy atom. The van der Waals surface area contributed by atoms with Gasteiger partial charge in [0, 0.05) is 0 Å². The van der Waals surface area contributed by atoms with Crippen molar-refractivity contribution in [1.29, 1.82) is 0 Å². The Hall–Kier alpha value is -2.62. The average molecular weight is 335 g/mol. The maximum Gasteiger partial charge on any atom is 0.416 e. The zero-order valence-electron chi connectivity index (χ0n) is 10.4. The minimum Gasteiger partial charge on any atom is -0.493 e. The molecule has 0 spiro atoms. The third-order valence-electron chi connectivity index (χ3n) is 2.43. The summed E-state index contributed by atoms with van der Waals surface area (Å²) in [6, 6.07) is 2.35. The maximum absolute atomic E-state index is 12.6. The first-order valence-corrected chi connectivity index (χ1v) is 5.90. The van der Waals surface area contributed by atoms with E-state index in [-0.39, 0.29) is 10.7 Å². The van der Waals surface area contributed by atoms with Gasteiger partial charge >= 0.3 is 11.9 Å². The number of aromatic amines is 2. The fourth-order valence-corrected chi connectivity index (χ4v) is 1.59. The average Bonchev–Trinajstić information content (AvgIpc) is 2.38. The van der Waals surface area contributed by atoms with Gasteiger partial charge in [-0.05, 0) is 18.2 Å². The number of nitrogens with one attached hydrogen (secondary N) is 2. The summed E-state index contributed by atoms with van der Waals surface area (Å²) >= 11 is 5.69. The number of hydrogen-bond donors (Lipinski definition) is 3. The van der Waals surface area contributed by atoms with Crippen LogP contribution in [-0.2, 0) is 6.18 Å². The lowest BCUT2D eigenvalue weighted by Crippen LogP contribution is -2.20. The number of hydrogen-bond acceptors (Lipinski definition) is 5. The molecule has 0 bridgehead atoms. The number of nitrogens with zero attached hydrogens (tertiary/aromatic N) is 2. The third kappa shape index (κ3) is 3.34. The molecule has 1 aromatic heterocycles. The fraction of sp³-hybridized carbons (Fsp3) is 0.0909. The van der Waals surface area contributed by atoms with Crippen LogP contribution in [0.2, 0.25) is 5.02 Å². The highest BCUT2D eigenvalue weighted by Gasteiger charge is 2.31. The van der Waals surface area contributed by atoms with Crippen LogP contribution in [0, 0.1) is 0 Å². The molecule has 2 rings (SSSR count). The summed E-state index contributed by atoms with van der Waals surface area (Å²) in [5, 5.41) is 15.9. The predicted octanol–water partition coefficient (Wildman–Crippen LogP) is 2.86. The number of benzene rings is 1. The molecule has 0 unspecified atom stereocenters. The largest absolute Gasteiger partial charge is 0.493 e. The van der Waals surface area contributed by atoms with Crippen LogP contribution in [0.1, 0.15) is 5.56 Å². The summed E-state index contributed by atoms with van der Waals surface area (Å²) in [5.74, 6) is -0.874. The van der Waals surface area contributed by atoms with Gasteiger partial charge in [0.2, 0.25) is 11.6 Å². The summed E-state index contributed by atoms with van der Waals surface area (Å²) in [7, 11) is 0. The molecule has 0 saturated carbocycles. The van der Waals surface area contributed by atoms with Gasteiger partial charge in [0.15, 0.2) is 0 Å². The van der Waals surface area contributed by atoms with Crippen molar-refractivity contribution in [3.8, 4) is 5.88 Å². The van der Waals surface area contributed by atoms with Crippen LogP contribution in [0.4, 0.5) is 24.5 Å². The summed E-state index contributed by atoms with van der Waals surface area (Å²) in [6.45, 7) is 0. The molecule has 0 amide bonds. The van der Waals surface area contributed by atoms with E-state index in [0.717, 1.165) is 12.1 Å². The Morgan fingerprint density at radius 2 is 1.82 bits per heavy atom. The van der Waals surface area contributed by atoms with E-state index >= 15 is 0 Å². The second-order valence-corrected chi connectivity index (χ2v) is 4.38. The minimum atomic E-state index is -4.60. The van der Waals surface area contributed by atoms with Crippen LogP contribution < -0.4 is 11.2 Å². The van der Waals surface area contributed by atoms with E-state index in [1.54, 1.807) is 4.98 Å². The van der Waals surface area contributed by atoms with Gasteiger partial charge in [-0.15, -0.1) is 10.2 Å². The number of azo groups is 1. The van der Waals surface area contributed by atoms with Gasteiger partial charge in [-0.3, -0.25) is 14.8 Å². The van der Waals surface area contributed by atoms with Gasteiger partial charge in [0.1, 0.15) is 5.69 Å². The minimum absolute atomic E-state index is 0.142. The summed E-state index contributed by atoms with van der Waals surface area (Å²) in [4.78, 5) is 25.9. The highest BCUT2D eigenvalue weighted by molar-refractivity contribution is 6.32. The molecule has 0 saturated heterocycles. The Kier molecular flexibility index (Phi) is 4.04. The van der Waals surface area contributed by atoms with E-state index in [1.165, 1.54) is 0 Å². The topological polar surface area (TPSA) is 111 Å². The van der Waals surface area contributed by atoms with Gasteiger partial charge in [0.25, 0.3) is 5.56 Å². The molecule has 11 heteroatoms. The third-order valence-corrected chi connectivity index (χ3v) is 2.75. The number of alkyl halides is 3. The zero-order chi connectivity index (χ0) is 16.5. The van der Waals surface area contributed by atoms with Crippen LogP contribution >= 0.6 is 11.6 Å². The van der Waals surface area contributed by atoms with Crippen LogP contribution in [-0.4, -0.2) is 15.1 Å². The van der Waals surface area contributed by atoms with Crippen molar-refractivity contribution in [1.82, 2.24) is 9.97 Å². The van der Waals surface area contributed by atoms with E-state index in [2.05, 4.69) is 10.2 Å². The number of aromatic hydroxyl groups is 1. The lowest BCUT2D eigenvalue weighted by atomic mass is 10.2. The van der Waals surface area contributed by atoms with Gasteiger partial charge in [-0.1, -0.05) is 11.6 Å². The van der Waals surface area contributed by atoms with E-state index < -0.39 is 34.6 Å². The van der Waals surface area contributed by atoms with Crippen LogP contribution in [0.5, 0.6) is 5.88 Å². The Labute approximate surface area is 124 Å². The molecule has 116 valence electrons. The second kappa shape index (κ2) is 5.64. The first kappa shape index (κ1) is 15.8. The molecule has 7 nitrogen and oxygen atoms in total. The molecule has 0 aliphatic heterocycles. The molecular formula is C11H6ClF3N4O3. The smallest absolute Gasteiger partial charge is 0.416 e. The van der Waals surface area contributed by atoms with E-state index in [1.807, 2.05) is 4.98 Å². The molecule has 1 heterocycles. The molecule has 0 atom stereocenters. The van der Waals surface area contributed by atoms with Crippen molar-refractivity contribution in [3.63, 3.8) is 0 Å². The van der Waals surface area contributed by atoms with Crippen LogP contribution in [0.15, 0.2) is 38.0 Å². The van der Waals surface area contributed by atoms with Gasteiger partial charge in [-0.2, -0.15) is 13.2 Å². The molecule has 1 aromatic carbocycles. The van der Waals surface area contributed by atoms with Crippen molar-refractivity contribution >= 4 is 23.0 Å². The second-order valence-electron chi connectivity index (χ2n) is 3.97. The van der Waals surface area contributed by atoms with E-state index in [9.17, 15) is 27.9 Å². The summed E-state index contributed by atoms with van der Waals surface area (Å²) in [6.07, 6.45) is -4.60. The van der Waals surface area contributed by atoms with Gasteiger partial charge in [0.05, 0.1) is 10.6 Å². The van der Waals surface area contributed by atoms with E-state index in [0.29, 0.717) is 6.07 Å². The number of H-pyrrole nitrogens is 2. The Morgan fingerprint density at radius 1 is 1.14 bits per heavy atom. The van der Waals surface area contributed by atoms with Crippen molar-refractivity contribution in [3.05, 3.63) is 49.6 Å². The molecule has 3 N–H and O–H groups in total. The quantitative estimate of drug-likeness (QED) is 0.734. The van der Waals surface area contributed by atoms with Crippen LogP contribution in [0.3, 0.4) is 0 Å². The molecule has 0 aliphatic rings. The Bertz CT molecular complexity index is 857. The van der Waals surface area contributed by atoms with Crippen molar-refractivity contribution in [2.45, 2.75) is 6.18 Å². The molecule has 2 aromatic rings. The predicted molar refractivity (Wildman–Crippen MR) is 70.0 cm³/mol. The van der Waals surface area contributed by atoms with Gasteiger partial charge < -0.3 is 5.11 Å². The van der Waals surface area contributed by atoms with E-state index in [4.69, 9.17) is 11.6 Å². The lowest BCUT2D eigenvalue weighted by Gasteiger charge is -2.07. The zero-order valence-corrected chi connectivity index (χ0v) is 11.2. The fourth-order valence-electron chi connectivity index (χ4n) is 1.43. The standard InChI is InChI=1S/C11H6ClF3N4O3/c12-5-2-1-4(11(13,14)15)3-6(5)18-19-7-8(20)16-10(22)17-9(7)21/h1-3H,(H3,16,17,20,21,22). The van der Waals surface area contributed by atoms with Crippen molar-refractivity contribution < 1.29 is 18.3 Å². The summed E-state index contributed by atoms with van der Waals surface area (Å²) < 4.78 is 37.8. The summed E-state index contributed by atoms with van der Waals surface area (Å²) in [5.41, 5.74) is -4.08. The van der Waals surface area contributed by atoms with Gasteiger partial charge in [-0.25, -0.2) is 4.79 Å².